The van der Waals surface area contributed by atoms with E-state index < -0.39 is 0 Å². The molecule has 0 aromatic heterocycles. The van der Waals surface area contributed by atoms with Crippen molar-refractivity contribution >= 4 is 35.5 Å². The Balaban J connectivity index is 1.75. The molecule has 0 aliphatic carbocycles. The smallest absolute Gasteiger partial charge is 0.250 e. The fourth-order valence-corrected chi connectivity index (χ4v) is 4.89. The van der Waals surface area contributed by atoms with Crippen molar-refractivity contribution in [3.8, 4) is 0 Å². The summed E-state index contributed by atoms with van der Waals surface area (Å²) in [6.07, 6.45) is 3.79. The first kappa shape index (κ1) is 19.3. The van der Waals surface area contributed by atoms with Crippen LogP contribution >= 0.6 is 23.5 Å². The summed E-state index contributed by atoms with van der Waals surface area (Å²) in [5, 5.41) is 0. The summed E-state index contributed by atoms with van der Waals surface area (Å²) in [5.74, 6) is 0.0601. The summed E-state index contributed by atoms with van der Waals surface area (Å²) in [6.45, 7) is 0. The molecule has 0 aliphatic heterocycles. The third-order valence-corrected chi connectivity index (χ3v) is 6.31. The number of rotatable bonds is 7. The average Bonchev–Trinajstić information content (AvgIpc) is 2.73. The number of nitrogens with zero attached hydrogens (tertiary/aromatic N) is 1. The molecule has 2 nitrogen and oxygen atoms in total. The molecule has 27 heavy (non-hydrogen) atoms. The Hall–Kier alpha value is -2.43. The normalized spacial score (nSPS) is 11.0. The number of amides is 1. The minimum Gasteiger partial charge on any atom is -0.320 e. The number of hydrogen-bond donors (Lipinski definition) is 0. The lowest BCUT2D eigenvalue weighted by atomic mass is 10.2. The second-order valence-corrected chi connectivity index (χ2v) is 8.52. The Morgan fingerprint density at radius 1 is 0.778 bits per heavy atom. The molecule has 0 unspecified atom stereocenters. The third-order valence-electron chi connectivity index (χ3n) is 3.81. The van der Waals surface area contributed by atoms with E-state index in [1.807, 2.05) is 110 Å². The maximum Gasteiger partial charge on any atom is 0.250 e. The molecule has 0 aliphatic rings. The average molecular weight is 392 g/mol. The number of carbonyl (C=O) groups excluding carboxylic acids is 1. The van der Waals surface area contributed by atoms with Gasteiger partial charge in [0.05, 0.1) is 0 Å². The van der Waals surface area contributed by atoms with Gasteiger partial charge in [-0.3, -0.25) is 4.79 Å². The van der Waals surface area contributed by atoms with Crippen LogP contribution in [0.5, 0.6) is 0 Å². The van der Waals surface area contributed by atoms with Crippen molar-refractivity contribution < 1.29 is 4.79 Å². The van der Waals surface area contributed by atoms with Gasteiger partial charge in [0.15, 0.2) is 0 Å². The molecular formula is C23H21NOS2. The second kappa shape index (κ2) is 10.0. The summed E-state index contributed by atoms with van der Waals surface area (Å²) in [4.78, 5) is 16.9. The zero-order chi connectivity index (χ0) is 18.9. The van der Waals surface area contributed by atoms with Crippen molar-refractivity contribution in [2.45, 2.75) is 14.4 Å². The summed E-state index contributed by atoms with van der Waals surface area (Å²) in [5.41, 5.74) is 1.07. The van der Waals surface area contributed by atoms with Crippen LogP contribution < -0.4 is 0 Å². The van der Waals surface area contributed by atoms with Gasteiger partial charge in [-0.05, 0) is 35.9 Å². The zero-order valence-corrected chi connectivity index (χ0v) is 16.7. The number of hydrogen-bond acceptors (Lipinski definition) is 3. The summed E-state index contributed by atoms with van der Waals surface area (Å²) in [6, 6.07) is 30.1. The molecule has 3 aromatic carbocycles. The molecular weight excluding hydrogens is 370 g/mol. The minimum atomic E-state index is -0.264. The maximum atomic E-state index is 13.1. The van der Waals surface area contributed by atoms with E-state index in [0.29, 0.717) is 0 Å². The van der Waals surface area contributed by atoms with E-state index in [2.05, 4.69) is 0 Å². The highest BCUT2D eigenvalue weighted by atomic mass is 32.2. The molecule has 136 valence electrons. The number of benzene rings is 3. The van der Waals surface area contributed by atoms with Gasteiger partial charge in [0.25, 0.3) is 0 Å². The first-order chi connectivity index (χ1) is 13.2. The highest BCUT2D eigenvalue weighted by molar-refractivity contribution is 8.18. The molecule has 1 amide bonds. The molecule has 3 rings (SSSR count). The van der Waals surface area contributed by atoms with Crippen molar-refractivity contribution in [3.63, 3.8) is 0 Å². The van der Waals surface area contributed by atoms with E-state index in [9.17, 15) is 4.79 Å². The molecule has 0 saturated carbocycles. The lowest BCUT2D eigenvalue weighted by molar-refractivity contribution is -0.125. The third kappa shape index (κ3) is 6.05. The Bertz CT molecular complexity index is 825. The van der Waals surface area contributed by atoms with E-state index in [4.69, 9.17) is 0 Å². The molecule has 0 radical (unpaired) electrons. The van der Waals surface area contributed by atoms with Crippen LogP contribution in [-0.2, 0) is 4.79 Å². The van der Waals surface area contributed by atoms with Gasteiger partial charge < -0.3 is 4.90 Å². The molecule has 0 spiro atoms. The van der Waals surface area contributed by atoms with Crippen LogP contribution in [0.15, 0.2) is 107 Å². The van der Waals surface area contributed by atoms with Crippen molar-refractivity contribution in [2.24, 2.45) is 0 Å². The minimum absolute atomic E-state index is 0.0601. The molecule has 0 saturated heterocycles. The van der Waals surface area contributed by atoms with Crippen LogP contribution in [0.25, 0.3) is 6.08 Å². The van der Waals surface area contributed by atoms with Crippen molar-refractivity contribution in [2.75, 3.05) is 7.05 Å². The molecule has 0 N–H and O–H groups in total. The second-order valence-electron chi connectivity index (χ2n) is 5.87. The SMILES string of the molecule is CN(/C=C/c1ccccc1)C(=O)C(Sc1ccccc1)Sc1ccccc1. The van der Waals surface area contributed by atoms with Gasteiger partial charge in [0.2, 0.25) is 5.91 Å². The standard InChI is InChI=1S/C23H21NOS2/c1-24(18-17-19-11-5-2-6-12-19)22(25)23(26-20-13-7-3-8-14-20)27-21-15-9-4-10-16-21/h2-18,23H,1H3/b18-17+. The van der Waals surface area contributed by atoms with Crippen molar-refractivity contribution in [3.05, 3.63) is 103 Å². The van der Waals surface area contributed by atoms with Crippen LogP contribution in [0.2, 0.25) is 0 Å². The summed E-state index contributed by atoms with van der Waals surface area (Å²) in [7, 11) is 1.81. The van der Waals surface area contributed by atoms with Crippen molar-refractivity contribution in [1.29, 1.82) is 0 Å². The van der Waals surface area contributed by atoms with E-state index in [1.165, 1.54) is 0 Å². The molecule has 0 heterocycles. The lowest BCUT2D eigenvalue weighted by Crippen LogP contribution is -2.29. The highest BCUT2D eigenvalue weighted by Crippen LogP contribution is 2.36. The molecule has 4 heteroatoms. The largest absolute Gasteiger partial charge is 0.320 e. The summed E-state index contributed by atoms with van der Waals surface area (Å²) < 4.78 is -0.264. The fraction of sp³-hybridized carbons (Fsp3) is 0.0870. The van der Waals surface area contributed by atoms with Gasteiger partial charge in [-0.2, -0.15) is 0 Å². The fourth-order valence-electron chi connectivity index (χ4n) is 2.37. The van der Waals surface area contributed by atoms with E-state index >= 15 is 0 Å². The van der Waals surface area contributed by atoms with Crippen LogP contribution in [0.1, 0.15) is 5.56 Å². The Morgan fingerprint density at radius 2 is 1.22 bits per heavy atom. The van der Waals surface area contributed by atoms with Gasteiger partial charge in [-0.15, -0.1) is 23.5 Å². The van der Waals surface area contributed by atoms with Crippen LogP contribution in [0.3, 0.4) is 0 Å². The highest BCUT2D eigenvalue weighted by Gasteiger charge is 2.23. The number of thioether (sulfide) groups is 2. The maximum absolute atomic E-state index is 13.1. The van der Waals surface area contributed by atoms with Crippen LogP contribution in [0.4, 0.5) is 0 Å². The quantitative estimate of drug-likeness (QED) is 0.362. The van der Waals surface area contributed by atoms with Gasteiger partial charge in [-0.25, -0.2) is 0 Å². The molecule has 0 fully saturated rings. The first-order valence-electron chi connectivity index (χ1n) is 8.66. The van der Waals surface area contributed by atoms with Crippen molar-refractivity contribution in [1.82, 2.24) is 4.90 Å². The number of carbonyl (C=O) groups is 1. The summed E-state index contributed by atoms with van der Waals surface area (Å²) >= 11 is 3.16. The first-order valence-corrected chi connectivity index (χ1v) is 10.4. The Labute approximate surface area is 169 Å². The molecule has 3 aromatic rings. The van der Waals surface area contributed by atoms with E-state index in [-0.39, 0.29) is 10.5 Å². The predicted molar refractivity (Wildman–Crippen MR) is 117 cm³/mol. The zero-order valence-electron chi connectivity index (χ0n) is 15.1. The van der Waals surface area contributed by atoms with E-state index in [1.54, 1.807) is 28.4 Å². The lowest BCUT2D eigenvalue weighted by Gasteiger charge is -2.20. The van der Waals surface area contributed by atoms with Gasteiger partial charge in [0.1, 0.15) is 4.58 Å². The molecule has 0 bridgehead atoms. The van der Waals surface area contributed by atoms with Gasteiger partial charge >= 0.3 is 0 Å². The van der Waals surface area contributed by atoms with Gasteiger partial charge in [0, 0.05) is 23.0 Å². The van der Waals surface area contributed by atoms with Crippen LogP contribution in [-0.4, -0.2) is 22.4 Å². The predicted octanol–water partition coefficient (Wildman–Crippen LogP) is 6.03. The topological polar surface area (TPSA) is 20.3 Å². The Kier molecular flexibility index (Phi) is 7.19. The molecule has 0 atom stereocenters. The monoisotopic (exact) mass is 391 g/mol. The van der Waals surface area contributed by atoms with Crippen LogP contribution in [0, 0.1) is 0 Å². The Morgan fingerprint density at radius 3 is 1.70 bits per heavy atom. The van der Waals surface area contributed by atoms with E-state index in [0.717, 1.165) is 15.4 Å². The van der Waals surface area contributed by atoms with Gasteiger partial charge in [-0.1, -0.05) is 66.7 Å².